The standard InChI is InChI=1S/C19H22FN/c1-13-5-3-7-16(9-13)17-11-19(12-17)21-14(2)15-6-4-8-18(20)10-15/h3-10,14,17,19,21H,11-12H2,1-2H3/t14-,17?,19?/m0/s1. The van der Waals surface area contributed by atoms with E-state index in [1.165, 1.54) is 30.0 Å². The largest absolute Gasteiger partial charge is 0.307 e. The predicted octanol–water partition coefficient (Wildman–Crippen LogP) is 4.73. The molecule has 1 fully saturated rings. The molecule has 2 heteroatoms. The van der Waals surface area contributed by atoms with E-state index in [0.29, 0.717) is 12.0 Å². The second kappa shape index (κ2) is 5.98. The third-order valence-electron chi connectivity index (χ3n) is 4.49. The zero-order valence-corrected chi connectivity index (χ0v) is 12.6. The molecule has 0 unspecified atom stereocenters. The minimum Gasteiger partial charge on any atom is -0.307 e. The maximum atomic E-state index is 13.3. The van der Waals surface area contributed by atoms with E-state index in [1.807, 2.05) is 6.07 Å². The van der Waals surface area contributed by atoms with E-state index in [-0.39, 0.29) is 11.9 Å². The normalized spacial score (nSPS) is 22.6. The molecule has 1 aliphatic rings. The lowest BCUT2D eigenvalue weighted by Gasteiger charge is -2.38. The molecule has 0 bridgehead atoms. The highest BCUT2D eigenvalue weighted by molar-refractivity contribution is 5.28. The van der Waals surface area contributed by atoms with Crippen LogP contribution in [0.1, 0.15) is 48.4 Å². The third kappa shape index (κ3) is 3.33. The van der Waals surface area contributed by atoms with Gasteiger partial charge in [-0.3, -0.25) is 0 Å². The average Bonchev–Trinajstić information content (AvgIpc) is 2.42. The molecule has 0 heterocycles. The number of benzene rings is 2. The van der Waals surface area contributed by atoms with Crippen molar-refractivity contribution in [2.24, 2.45) is 0 Å². The first-order chi connectivity index (χ1) is 10.1. The Hall–Kier alpha value is -1.67. The van der Waals surface area contributed by atoms with Crippen molar-refractivity contribution in [1.82, 2.24) is 5.32 Å². The molecule has 1 saturated carbocycles. The molecule has 1 aliphatic carbocycles. The Kier molecular flexibility index (Phi) is 4.07. The van der Waals surface area contributed by atoms with E-state index in [9.17, 15) is 4.39 Å². The summed E-state index contributed by atoms with van der Waals surface area (Å²) < 4.78 is 13.3. The van der Waals surface area contributed by atoms with Crippen LogP contribution in [-0.4, -0.2) is 6.04 Å². The summed E-state index contributed by atoms with van der Waals surface area (Å²) in [5.74, 6) is 0.509. The van der Waals surface area contributed by atoms with E-state index >= 15 is 0 Å². The fraction of sp³-hybridized carbons (Fsp3) is 0.368. The van der Waals surface area contributed by atoms with E-state index in [2.05, 4.69) is 43.4 Å². The quantitative estimate of drug-likeness (QED) is 0.855. The minimum atomic E-state index is -0.160. The summed E-state index contributed by atoms with van der Waals surface area (Å²) in [6, 6.07) is 16.4. The smallest absolute Gasteiger partial charge is 0.123 e. The van der Waals surface area contributed by atoms with Crippen LogP contribution in [-0.2, 0) is 0 Å². The lowest BCUT2D eigenvalue weighted by molar-refractivity contribution is 0.270. The molecule has 2 aromatic rings. The Bertz CT molecular complexity index is 616. The van der Waals surface area contributed by atoms with E-state index in [1.54, 1.807) is 12.1 Å². The summed E-state index contributed by atoms with van der Waals surface area (Å²) in [5, 5.41) is 3.61. The number of rotatable bonds is 4. The lowest BCUT2D eigenvalue weighted by Crippen LogP contribution is -2.41. The number of nitrogens with one attached hydrogen (secondary N) is 1. The second-order valence-corrected chi connectivity index (χ2v) is 6.22. The molecule has 21 heavy (non-hydrogen) atoms. The van der Waals surface area contributed by atoms with Crippen molar-refractivity contribution in [1.29, 1.82) is 0 Å². The van der Waals surface area contributed by atoms with Crippen molar-refractivity contribution >= 4 is 0 Å². The maximum Gasteiger partial charge on any atom is 0.123 e. The van der Waals surface area contributed by atoms with Crippen LogP contribution >= 0.6 is 0 Å². The minimum absolute atomic E-state index is 0.160. The van der Waals surface area contributed by atoms with Gasteiger partial charge in [-0.1, -0.05) is 42.0 Å². The van der Waals surface area contributed by atoms with Crippen molar-refractivity contribution in [3.8, 4) is 0 Å². The number of hydrogen-bond donors (Lipinski definition) is 1. The third-order valence-corrected chi connectivity index (χ3v) is 4.49. The van der Waals surface area contributed by atoms with E-state index < -0.39 is 0 Å². The van der Waals surface area contributed by atoms with Crippen molar-refractivity contribution in [3.63, 3.8) is 0 Å². The average molecular weight is 283 g/mol. The fourth-order valence-corrected chi connectivity index (χ4v) is 3.18. The zero-order valence-electron chi connectivity index (χ0n) is 12.6. The Morgan fingerprint density at radius 3 is 2.57 bits per heavy atom. The topological polar surface area (TPSA) is 12.0 Å². The molecule has 1 nitrogen and oxygen atoms in total. The summed E-state index contributed by atoms with van der Waals surface area (Å²) in [7, 11) is 0. The van der Waals surface area contributed by atoms with Gasteiger partial charge in [-0.2, -0.15) is 0 Å². The molecule has 2 aromatic carbocycles. The molecule has 0 amide bonds. The van der Waals surface area contributed by atoms with Crippen LogP contribution in [0.5, 0.6) is 0 Å². The molecule has 3 rings (SSSR count). The lowest BCUT2D eigenvalue weighted by atomic mass is 9.75. The fourth-order valence-electron chi connectivity index (χ4n) is 3.18. The van der Waals surface area contributed by atoms with Crippen molar-refractivity contribution in [3.05, 3.63) is 71.0 Å². The number of hydrogen-bond acceptors (Lipinski definition) is 1. The van der Waals surface area contributed by atoms with Crippen LogP contribution in [0.25, 0.3) is 0 Å². The van der Waals surface area contributed by atoms with Gasteiger partial charge >= 0.3 is 0 Å². The van der Waals surface area contributed by atoms with Gasteiger partial charge in [0.25, 0.3) is 0 Å². The molecule has 110 valence electrons. The maximum absolute atomic E-state index is 13.3. The summed E-state index contributed by atoms with van der Waals surface area (Å²) in [5.41, 5.74) is 3.80. The van der Waals surface area contributed by atoms with Crippen LogP contribution in [0.15, 0.2) is 48.5 Å². The van der Waals surface area contributed by atoms with Crippen molar-refractivity contribution in [2.75, 3.05) is 0 Å². The van der Waals surface area contributed by atoms with Crippen LogP contribution in [0.4, 0.5) is 4.39 Å². The van der Waals surface area contributed by atoms with Gasteiger partial charge in [0.1, 0.15) is 5.82 Å². The summed E-state index contributed by atoms with van der Waals surface area (Å²) in [6.45, 7) is 4.25. The van der Waals surface area contributed by atoms with Gasteiger partial charge in [0.2, 0.25) is 0 Å². The molecule has 0 aromatic heterocycles. The molecular formula is C19H22FN. The van der Waals surface area contributed by atoms with Gasteiger partial charge in [-0.25, -0.2) is 4.39 Å². The Labute approximate surface area is 126 Å². The monoisotopic (exact) mass is 283 g/mol. The highest BCUT2D eigenvalue weighted by Crippen LogP contribution is 2.38. The number of aryl methyl sites for hydroxylation is 1. The molecule has 0 radical (unpaired) electrons. The molecular weight excluding hydrogens is 261 g/mol. The molecule has 1 N–H and O–H groups in total. The van der Waals surface area contributed by atoms with Crippen molar-refractivity contribution < 1.29 is 4.39 Å². The van der Waals surface area contributed by atoms with Gasteiger partial charge in [0, 0.05) is 12.1 Å². The van der Waals surface area contributed by atoms with Crippen LogP contribution < -0.4 is 5.32 Å². The first-order valence-electron chi connectivity index (χ1n) is 7.70. The predicted molar refractivity (Wildman–Crippen MR) is 84.9 cm³/mol. The molecule has 1 atom stereocenters. The first-order valence-corrected chi connectivity index (χ1v) is 7.70. The van der Waals surface area contributed by atoms with Gasteiger partial charge in [-0.15, -0.1) is 0 Å². The van der Waals surface area contributed by atoms with E-state index in [0.717, 1.165) is 5.56 Å². The Morgan fingerprint density at radius 2 is 1.86 bits per heavy atom. The van der Waals surface area contributed by atoms with Crippen LogP contribution in [0, 0.1) is 12.7 Å². The van der Waals surface area contributed by atoms with Crippen LogP contribution in [0.2, 0.25) is 0 Å². The van der Waals surface area contributed by atoms with Crippen LogP contribution in [0.3, 0.4) is 0 Å². The molecule has 0 saturated heterocycles. The Morgan fingerprint density at radius 1 is 1.10 bits per heavy atom. The van der Waals surface area contributed by atoms with Gasteiger partial charge < -0.3 is 5.32 Å². The summed E-state index contributed by atoms with van der Waals surface area (Å²) in [4.78, 5) is 0. The second-order valence-electron chi connectivity index (χ2n) is 6.22. The first kappa shape index (κ1) is 14.3. The summed E-state index contributed by atoms with van der Waals surface area (Å²) >= 11 is 0. The van der Waals surface area contributed by atoms with Gasteiger partial charge in [-0.05, 0) is 55.9 Å². The Balaban J connectivity index is 1.55. The highest BCUT2D eigenvalue weighted by Gasteiger charge is 2.31. The van der Waals surface area contributed by atoms with E-state index in [4.69, 9.17) is 0 Å². The van der Waals surface area contributed by atoms with Gasteiger partial charge in [0.15, 0.2) is 0 Å². The number of halogens is 1. The zero-order chi connectivity index (χ0) is 14.8. The SMILES string of the molecule is Cc1cccc(C2CC(N[C@@H](C)c3cccc(F)c3)C2)c1. The molecule has 0 aliphatic heterocycles. The summed E-state index contributed by atoms with van der Waals surface area (Å²) in [6.07, 6.45) is 2.34. The highest BCUT2D eigenvalue weighted by atomic mass is 19.1. The van der Waals surface area contributed by atoms with Crippen molar-refractivity contribution in [2.45, 2.75) is 44.7 Å². The van der Waals surface area contributed by atoms with Gasteiger partial charge in [0.05, 0.1) is 0 Å². The molecule has 0 spiro atoms.